The molecular formula is C16H21N5O. The molecule has 0 spiro atoms. The zero-order valence-electron chi connectivity index (χ0n) is 12.8. The van der Waals surface area contributed by atoms with Gasteiger partial charge >= 0.3 is 0 Å². The highest BCUT2D eigenvalue weighted by Crippen LogP contribution is 2.24. The predicted octanol–water partition coefficient (Wildman–Crippen LogP) is 1.08. The Labute approximate surface area is 130 Å². The van der Waals surface area contributed by atoms with Crippen molar-refractivity contribution in [3.63, 3.8) is 0 Å². The Bertz CT molecular complexity index is 617. The van der Waals surface area contributed by atoms with E-state index in [4.69, 9.17) is 0 Å². The van der Waals surface area contributed by atoms with Gasteiger partial charge in [-0.3, -0.25) is 4.79 Å². The smallest absolute Gasteiger partial charge is 0.225 e. The van der Waals surface area contributed by atoms with Crippen molar-refractivity contribution in [2.45, 2.75) is 25.8 Å². The molecule has 0 aromatic carbocycles. The van der Waals surface area contributed by atoms with Crippen LogP contribution in [0.25, 0.3) is 5.57 Å². The molecule has 0 atom stereocenters. The van der Waals surface area contributed by atoms with Gasteiger partial charge in [-0.2, -0.15) is 0 Å². The minimum absolute atomic E-state index is 0.0379. The quantitative estimate of drug-likeness (QED) is 0.874. The van der Waals surface area contributed by atoms with E-state index >= 15 is 0 Å². The van der Waals surface area contributed by atoms with Crippen LogP contribution in [-0.4, -0.2) is 41.6 Å². The zero-order chi connectivity index (χ0) is 15.5. The molecule has 2 aliphatic heterocycles. The molecule has 0 bridgehead atoms. The van der Waals surface area contributed by atoms with Crippen LogP contribution in [0.1, 0.15) is 25.5 Å². The van der Waals surface area contributed by atoms with Crippen LogP contribution in [0.2, 0.25) is 0 Å². The van der Waals surface area contributed by atoms with Crippen molar-refractivity contribution in [2.75, 3.05) is 24.5 Å². The predicted molar refractivity (Wildman–Crippen MR) is 86.2 cm³/mol. The van der Waals surface area contributed by atoms with Gasteiger partial charge in [-0.1, -0.05) is 6.58 Å². The number of carbonyl (C=O) groups excluding carboxylic acids is 1. The largest absolute Gasteiger partial charge is 0.386 e. The fourth-order valence-corrected chi connectivity index (χ4v) is 2.89. The number of aromatic nitrogens is 2. The minimum Gasteiger partial charge on any atom is -0.386 e. The topological polar surface area (TPSA) is 70.2 Å². The van der Waals surface area contributed by atoms with Gasteiger partial charge < -0.3 is 15.5 Å². The van der Waals surface area contributed by atoms with Crippen LogP contribution in [0.15, 0.2) is 30.6 Å². The first-order chi connectivity index (χ1) is 10.6. The average Bonchev–Trinajstić information content (AvgIpc) is 2.94. The van der Waals surface area contributed by atoms with Gasteiger partial charge in [-0.15, -0.1) is 0 Å². The lowest BCUT2D eigenvalue weighted by molar-refractivity contribution is -0.119. The Morgan fingerprint density at radius 2 is 2.23 bits per heavy atom. The second-order valence-corrected chi connectivity index (χ2v) is 5.75. The van der Waals surface area contributed by atoms with Gasteiger partial charge in [0.25, 0.3) is 0 Å². The van der Waals surface area contributed by atoms with Gasteiger partial charge in [-0.05, 0) is 24.5 Å². The van der Waals surface area contributed by atoms with Crippen molar-refractivity contribution in [2.24, 2.45) is 0 Å². The van der Waals surface area contributed by atoms with E-state index < -0.39 is 0 Å². The Morgan fingerprint density at radius 3 is 2.86 bits per heavy atom. The number of carbonyl (C=O) groups is 1. The molecule has 0 unspecified atom stereocenters. The summed E-state index contributed by atoms with van der Waals surface area (Å²) >= 11 is 0. The summed E-state index contributed by atoms with van der Waals surface area (Å²) in [6.45, 7) is 8.09. The van der Waals surface area contributed by atoms with Crippen LogP contribution in [0.4, 0.5) is 5.95 Å². The molecule has 6 heteroatoms. The van der Waals surface area contributed by atoms with E-state index in [0.717, 1.165) is 55.3 Å². The highest BCUT2D eigenvalue weighted by molar-refractivity contribution is 5.79. The molecule has 2 aliphatic rings. The summed E-state index contributed by atoms with van der Waals surface area (Å²) in [5, 5.41) is 6.15. The second kappa shape index (κ2) is 6.17. The molecule has 3 rings (SSSR count). The van der Waals surface area contributed by atoms with E-state index in [1.54, 1.807) is 13.1 Å². The average molecular weight is 299 g/mol. The standard InChI is InChI=1S/C16H21N5O/c1-11-9-17-10-14(11)15-3-6-18-16(20-15)21-7-4-13(5-8-21)19-12(2)22/h3,6,10,13,17H,1,4-5,7-9H2,2H3,(H,19,22). The summed E-state index contributed by atoms with van der Waals surface area (Å²) in [5.41, 5.74) is 3.01. The van der Waals surface area contributed by atoms with Crippen LogP contribution in [0.5, 0.6) is 0 Å². The van der Waals surface area contributed by atoms with Gasteiger partial charge in [0.2, 0.25) is 11.9 Å². The van der Waals surface area contributed by atoms with E-state index in [-0.39, 0.29) is 11.9 Å². The van der Waals surface area contributed by atoms with Crippen LogP contribution in [-0.2, 0) is 4.79 Å². The number of piperidine rings is 1. The molecule has 1 aromatic heterocycles. The van der Waals surface area contributed by atoms with Crippen molar-refractivity contribution in [1.82, 2.24) is 20.6 Å². The highest BCUT2D eigenvalue weighted by atomic mass is 16.1. The van der Waals surface area contributed by atoms with Crippen molar-refractivity contribution >= 4 is 17.4 Å². The first kappa shape index (κ1) is 14.6. The van der Waals surface area contributed by atoms with E-state index in [1.165, 1.54) is 0 Å². The van der Waals surface area contributed by atoms with E-state index in [0.29, 0.717) is 0 Å². The highest BCUT2D eigenvalue weighted by Gasteiger charge is 2.22. The van der Waals surface area contributed by atoms with Crippen LogP contribution in [0.3, 0.4) is 0 Å². The molecule has 1 saturated heterocycles. The number of hydrogen-bond acceptors (Lipinski definition) is 5. The molecular weight excluding hydrogens is 278 g/mol. The maximum atomic E-state index is 11.1. The van der Waals surface area contributed by atoms with Crippen LogP contribution in [0, 0.1) is 0 Å². The summed E-state index contributed by atoms with van der Waals surface area (Å²) in [7, 11) is 0. The monoisotopic (exact) mass is 299 g/mol. The number of rotatable bonds is 3. The Morgan fingerprint density at radius 1 is 1.45 bits per heavy atom. The minimum atomic E-state index is 0.0379. The van der Waals surface area contributed by atoms with Gasteiger partial charge in [0.1, 0.15) is 0 Å². The third-order valence-electron chi connectivity index (χ3n) is 4.05. The lowest BCUT2D eigenvalue weighted by atomic mass is 10.1. The summed E-state index contributed by atoms with van der Waals surface area (Å²) < 4.78 is 0. The van der Waals surface area contributed by atoms with Crippen LogP contribution < -0.4 is 15.5 Å². The van der Waals surface area contributed by atoms with Crippen molar-refractivity contribution in [1.29, 1.82) is 0 Å². The molecule has 1 amide bonds. The first-order valence-electron chi connectivity index (χ1n) is 7.60. The van der Waals surface area contributed by atoms with E-state index in [2.05, 4.69) is 32.1 Å². The lowest BCUT2D eigenvalue weighted by Gasteiger charge is -2.32. The number of anilines is 1. The molecule has 116 valence electrons. The van der Waals surface area contributed by atoms with Gasteiger partial charge in [0.15, 0.2) is 0 Å². The van der Waals surface area contributed by atoms with Gasteiger partial charge in [0, 0.05) is 50.6 Å². The molecule has 0 saturated carbocycles. The third-order valence-corrected chi connectivity index (χ3v) is 4.05. The van der Waals surface area contributed by atoms with Crippen LogP contribution >= 0.6 is 0 Å². The molecule has 1 fully saturated rings. The molecule has 22 heavy (non-hydrogen) atoms. The molecule has 6 nitrogen and oxygen atoms in total. The summed E-state index contributed by atoms with van der Waals surface area (Å²) in [4.78, 5) is 22.4. The van der Waals surface area contributed by atoms with Gasteiger partial charge in [0.05, 0.1) is 5.69 Å². The Balaban J connectivity index is 1.69. The normalized spacial score (nSPS) is 18.9. The second-order valence-electron chi connectivity index (χ2n) is 5.75. The van der Waals surface area contributed by atoms with Crippen molar-refractivity contribution in [3.8, 4) is 0 Å². The summed E-state index contributed by atoms with van der Waals surface area (Å²) in [6.07, 6.45) is 5.59. The Hall–Kier alpha value is -2.37. The summed E-state index contributed by atoms with van der Waals surface area (Å²) in [5.74, 6) is 0.787. The number of amides is 1. The fraction of sp³-hybridized carbons (Fsp3) is 0.438. The van der Waals surface area contributed by atoms with Crippen molar-refractivity contribution in [3.05, 3.63) is 36.3 Å². The molecule has 1 aromatic rings. The Kier molecular flexibility index (Phi) is 4.09. The molecule has 2 N–H and O–H groups in total. The maximum absolute atomic E-state index is 11.1. The molecule has 0 aliphatic carbocycles. The maximum Gasteiger partial charge on any atom is 0.225 e. The first-order valence-corrected chi connectivity index (χ1v) is 7.60. The SMILES string of the molecule is C=C1CNC=C1c1ccnc(N2CCC(NC(C)=O)CC2)n1. The summed E-state index contributed by atoms with van der Waals surface area (Å²) in [6, 6.07) is 2.18. The number of nitrogens with one attached hydrogen (secondary N) is 2. The molecule has 3 heterocycles. The van der Waals surface area contributed by atoms with E-state index in [1.807, 2.05) is 12.3 Å². The third kappa shape index (κ3) is 3.10. The molecule has 0 radical (unpaired) electrons. The number of hydrogen-bond donors (Lipinski definition) is 2. The fourth-order valence-electron chi connectivity index (χ4n) is 2.89. The number of nitrogens with zero attached hydrogens (tertiary/aromatic N) is 3. The zero-order valence-corrected chi connectivity index (χ0v) is 12.8. The van der Waals surface area contributed by atoms with Crippen molar-refractivity contribution < 1.29 is 4.79 Å². The lowest BCUT2D eigenvalue weighted by Crippen LogP contribution is -2.44. The van der Waals surface area contributed by atoms with Gasteiger partial charge in [-0.25, -0.2) is 9.97 Å². The van der Waals surface area contributed by atoms with E-state index in [9.17, 15) is 4.79 Å².